The quantitative estimate of drug-likeness (QED) is 0.736. The fraction of sp³-hybridized carbons (Fsp3) is 0.188. The molecule has 1 atom stereocenters. The van der Waals surface area contributed by atoms with Gasteiger partial charge in [-0.3, -0.25) is 14.2 Å². The summed E-state index contributed by atoms with van der Waals surface area (Å²) < 4.78 is 1.31. The summed E-state index contributed by atoms with van der Waals surface area (Å²) in [6.45, 7) is 3.54. The van der Waals surface area contributed by atoms with E-state index >= 15 is 0 Å². The monoisotopic (exact) mass is 381 g/mol. The van der Waals surface area contributed by atoms with Crippen LogP contribution >= 0.6 is 34.5 Å². The van der Waals surface area contributed by atoms with E-state index in [1.54, 1.807) is 31.2 Å². The van der Waals surface area contributed by atoms with Gasteiger partial charge in [0.2, 0.25) is 5.91 Å². The van der Waals surface area contributed by atoms with Gasteiger partial charge in [-0.05, 0) is 38.1 Å². The molecule has 0 spiro atoms. The Kier molecular flexibility index (Phi) is 4.62. The van der Waals surface area contributed by atoms with Crippen molar-refractivity contribution in [1.29, 1.82) is 0 Å². The molecule has 0 aliphatic heterocycles. The van der Waals surface area contributed by atoms with Gasteiger partial charge in [0, 0.05) is 9.90 Å². The number of rotatable bonds is 3. The number of aryl methyl sites for hydroxylation is 1. The minimum absolute atomic E-state index is 0.246. The lowest BCUT2D eigenvalue weighted by Gasteiger charge is -2.15. The first-order chi connectivity index (χ1) is 11.4. The first-order valence-corrected chi connectivity index (χ1v) is 8.67. The Morgan fingerprint density at radius 1 is 1.33 bits per heavy atom. The topological polar surface area (TPSA) is 64.0 Å². The number of anilines is 1. The summed E-state index contributed by atoms with van der Waals surface area (Å²) in [7, 11) is 0. The Hall–Kier alpha value is -1.89. The molecule has 0 radical (unpaired) electrons. The van der Waals surface area contributed by atoms with Crippen LogP contribution in [0.1, 0.15) is 17.8 Å². The van der Waals surface area contributed by atoms with Crippen LogP contribution < -0.4 is 10.9 Å². The van der Waals surface area contributed by atoms with Gasteiger partial charge in [-0.15, -0.1) is 11.3 Å². The summed E-state index contributed by atoms with van der Waals surface area (Å²) in [5.74, 6) is -0.380. The van der Waals surface area contributed by atoms with Crippen molar-refractivity contribution >= 4 is 56.3 Å². The predicted octanol–water partition coefficient (Wildman–Crippen LogP) is 4.27. The van der Waals surface area contributed by atoms with Gasteiger partial charge in [0.25, 0.3) is 5.56 Å². The smallest absolute Gasteiger partial charge is 0.262 e. The van der Waals surface area contributed by atoms with Gasteiger partial charge in [0.1, 0.15) is 10.9 Å². The van der Waals surface area contributed by atoms with E-state index in [1.807, 2.05) is 6.92 Å². The maximum atomic E-state index is 12.6. The highest BCUT2D eigenvalue weighted by molar-refractivity contribution is 7.18. The summed E-state index contributed by atoms with van der Waals surface area (Å²) in [5, 5.41) is 4.03. The van der Waals surface area contributed by atoms with E-state index in [9.17, 15) is 9.59 Å². The molecule has 0 aliphatic rings. The molecule has 0 saturated carbocycles. The molecule has 0 aliphatic carbocycles. The molecule has 1 N–H and O–H groups in total. The fourth-order valence-corrected chi connectivity index (χ4v) is 3.46. The molecule has 0 unspecified atom stereocenters. The second-order valence-electron chi connectivity index (χ2n) is 5.32. The maximum absolute atomic E-state index is 12.6. The predicted molar refractivity (Wildman–Crippen MR) is 98.4 cm³/mol. The number of benzene rings is 1. The third-order valence-electron chi connectivity index (χ3n) is 3.58. The van der Waals surface area contributed by atoms with Crippen LogP contribution in [-0.2, 0) is 4.79 Å². The number of nitrogens with one attached hydrogen (secondary N) is 1. The lowest BCUT2D eigenvalue weighted by molar-refractivity contribution is -0.118. The lowest BCUT2D eigenvalue weighted by Crippen LogP contribution is -2.31. The van der Waals surface area contributed by atoms with Crippen LogP contribution in [0.5, 0.6) is 0 Å². The third-order valence-corrected chi connectivity index (χ3v) is 5.11. The summed E-state index contributed by atoms with van der Waals surface area (Å²) in [6.07, 6.45) is 1.39. The van der Waals surface area contributed by atoms with Gasteiger partial charge in [-0.25, -0.2) is 4.98 Å². The van der Waals surface area contributed by atoms with Crippen molar-refractivity contribution in [3.63, 3.8) is 0 Å². The van der Waals surface area contributed by atoms with Crippen molar-refractivity contribution in [3.05, 3.63) is 55.9 Å². The Bertz CT molecular complexity index is 997. The number of hydrogen-bond acceptors (Lipinski definition) is 4. The molecule has 1 amide bonds. The summed E-state index contributed by atoms with van der Waals surface area (Å²) in [5.41, 5.74) is 0.152. The zero-order valence-electron chi connectivity index (χ0n) is 12.8. The second kappa shape index (κ2) is 6.55. The van der Waals surface area contributed by atoms with Crippen molar-refractivity contribution in [1.82, 2.24) is 9.55 Å². The first-order valence-electron chi connectivity index (χ1n) is 7.10. The molecular formula is C16H13Cl2N3O2S. The third kappa shape index (κ3) is 3.17. The Balaban J connectivity index is 1.92. The molecule has 3 aromatic rings. The van der Waals surface area contributed by atoms with Crippen LogP contribution in [0.25, 0.3) is 10.2 Å². The van der Waals surface area contributed by atoms with Gasteiger partial charge in [0.15, 0.2) is 0 Å². The van der Waals surface area contributed by atoms with E-state index in [0.717, 1.165) is 4.88 Å². The first kappa shape index (κ1) is 17.0. The largest absolute Gasteiger partial charge is 0.323 e. The van der Waals surface area contributed by atoms with E-state index in [1.165, 1.54) is 22.2 Å². The SMILES string of the molecule is Cc1cc2c(=O)n([C@@H](C)C(=O)Nc3cc(Cl)ccc3Cl)cnc2s1. The normalized spacial score (nSPS) is 12.3. The number of hydrogen-bond donors (Lipinski definition) is 1. The number of thiophene rings is 1. The Morgan fingerprint density at radius 2 is 2.08 bits per heavy atom. The van der Waals surface area contributed by atoms with E-state index in [2.05, 4.69) is 10.3 Å². The Morgan fingerprint density at radius 3 is 2.83 bits per heavy atom. The van der Waals surface area contributed by atoms with Crippen molar-refractivity contribution in [3.8, 4) is 0 Å². The molecule has 1 aromatic carbocycles. The summed E-state index contributed by atoms with van der Waals surface area (Å²) in [6, 6.07) is 5.82. The van der Waals surface area contributed by atoms with Crippen molar-refractivity contribution < 1.29 is 4.79 Å². The minimum atomic E-state index is -0.746. The van der Waals surface area contributed by atoms with Gasteiger partial charge >= 0.3 is 0 Å². The van der Waals surface area contributed by atoms with Crippen LogP contribution in [0.4, 0.5) is 5.69 Å². The highest BCUT2D eigenvalue weighted by Gasteiger charge is 2.19. The van der Waals surface area contributed by atoms with E-state index < -0.39 is 6.04 Å². The zero-order valence-corrected chi connectivity index (χ0v) is 15.2. The molecule has 3 rings (SSSR count). The van der Waals surface area contributed by atoms with E-state index in [0.29, 0.717) is 25.9 Å². The molecule has 124 valence electrons. The number of fused-ring (bicyclic) bond motifs is 1. The highest BCUT2D eigenvalue weighted by atomic mass is 35.5. The van der Waals surface area contributed by atoms with Crippen LogP contribution in [0.3, 0.4) is 0 Å². The van der Waals surface area contributed by atoms with Crippen LogP contribution in [0, 0.1) is 6.92 Å². The zero-order chi connectivity index (χ0) is 17.4. The van der Waals surface area contributed by atoms with Gasteiger partial charge in [0.05, 0.1) is 22.4 Å². The number of carbonyl (C=O) groups is 1. The molecule has 0 bridgehead atoms. The molecule has 0 fully saturated rings. The number of amides is 1. The average molecular weight is 382 g/mol. The van der Waals surface area contributed by atoms with Crippen molar-refractivity contribution in [2.24, 2.45) is 0 Å². The summed E-state index contributed by atoms with van der Waals surface area (Å²) in [4.78, 5) is 31.0. The van der Waals surface area contributed by atoms with E-state index in [-0.39, 0.29) is 11.5 Å². The van der Waals surface area contributed by atoms with Crippen LogP contribution in [0.15, 0.2) is 35.4 Å². The molecule has 5 nitrogen and oxygen atoms in total. The molecule has 24 heavy (non-hydrogen) atoms. The minimum Gasteiger partial charge on any atom is -0.323 e. The lowest BCUT2D eigenvalue weighted by atomic mass is 10.2. The van der Waals surface area contributed by atoms with Crippen LogP contribution in [0.2, 0.25) is 10.0 Å². The Labute approximate surface area is 151 Å². The van der Waals surface area contributed by atoms with Crippen molar-refractivity contribution in [2.75, 3.05) is 5.32 Å². The number of aromatic nitrogens is 2. The molecule has 2 aromatic heterocycles. The van der Waals surface area contributed by atoms with E-state index in [4.69, 9.17) is 23.2 Å². The summed E-state index contributed by atoms with van der Waals surface area (Å²) >= 11 is 13.4. The van der Waals surface area contributed by atoms with Gasteiger partial charge in [-0.1, -0.05) is 23.2 Å². The highest BCUT2D eigenvalue weighted by Crippen LogP contribution is 2.26. The van der Waals surface area contributed by atoms with Crippen LogP contribution in [-0.4, -0.2) is 15.5 Å². The maximum Gasteiger partial charge on any atom is 0.262 e. The molecular weight excluding hydrogens is 369 g/mol. The molecule has 2 heterocycles. The number of halogens is 2. The van der Waals surface area contributed by atoms with Gasteiger partial charge < -0.3 is 5.32 Å². The standard InChI is InChI=1S/C16H13Cl2N3O2S/c1-8-5-11-15(24-8)19-7-21(16(11)23)9(2)14(22)20-13-6-10(17)3-4-12(13)18/h3-7,9H,1-2H3,(H,20,22)/t9-/m0/s1. The second-order valence-corrected chi connectivity index (χ2v) is 7.40. The average Bonchev–Trinajstić information content (AvgIpc) is 2.92. The number of nitrogens with zero attached hydrogens (tertiary/aromatic N) is 2. The van der Waals surface area contributed by atoms with Gasteiger partial charge in [-0.2, -0.15) is 0 Å². The molecule has 8 heteroatoms. The fourth-order valence-electron chi connectivity index (χ4n) is 2.29. The molecule has 0 saturated heterocycles. The number of carbonyl (C=O) groups excluding carboxylic acids is 1. The van der Waals surface area contributed by atoms with Crippen molar-refractivity contribution in [2.45, 2.75) is 19.9 Å².